The number of nitrogens with one attached hydrogen (secondary N) is 3. The Balaban J connectivity index is 2.05. The number of benzene rings is 1. The number of aromatic amines is 2. The van der Waals surface area contributed by atoms with Crippen molar-refractivity contribution in [1.82, 2.24) is 14.9 Å². The molecule has 28 heavy (non-hydrogen) atoms. The van der Waals surface area contributed by atoms with Gasteiger partial charge in [-0.1, -0.05) is 15.9 Å². The average molecular weight is 445 g/mol. The largest absolute Gasteiger partial charge is 0.385 e. The van der Waals surface area contributed by atoms with Crippen LogP contribution in [-0.2, 0) is 6.54 Å². The van der Waals surface area contributed by atoms with Crippen LogP contribution < -0.4 is 10.9 Å². The maximum atomic E-state index is 13.5. The minimum absolute atomic E-state index is 0.0735. The highest BCUT2D eigenvalue weighted by atomic mass is 79.9. The number of carbonyl (C=O) groups excluding carboxylic acids is 1. The van der Waals surface area contributed by atoms with E-state index >= 15 is 0 Å². The number of nitrogens with zero attached hydrogens (tertiary/aromatic N) is 1. The first kappa shape index (κ1) is 20.2. The average Bonchev–Trinajstić information content (AvgIpc) is 3.08. The summed E-state index contributed by atoms with van der Waals surface area (Å²) in [4.78, 5) is 33.8. The predicted molar refractivity (Wildman–Crippen MR) is 117 cm³/mol. The molecule has 0 aliphatic carbocycles. The Labute approximate surface area is 172 Å². The van der Waals surface area contributed by atoms with Crippen LogP contribution >= 0.6 is 15.9 Å². The second-order valence-electron chi connectivity index (χ2n) is 7.12. The molecule has 148 valence electrons. The quantitative estimate of drug-likeness (QED) is 0.526. The van der Waals surface area contributed by atoms with Crippen LogP contribution in [-0.4, -0.2) is 33.4 Å². The highest BCUT2D eigenvalue weighted by Crippen LogP contribution is 2.26. The van der Waals surface area contributed by atoms with Crippen LogP contribution in [0.2, 0.25) is 0 Å². The van der Waals surface area contributed by atoms with E-state index in [2.05, 4.69) is 31.2 Å². The zero-order valence-electron chi connectivity index (χ0n) is 16.5. The Morgan fingerprint density at radius 2 is 2.04 bits per heavy atom. The van der Waals surface area contributed by atoms with Crippen LogP contribution in [0.25, 0.3) is 10.9 Å². The molecule has 1 amide bonds. The number of hydrogen-bond donors (Lipinski definition) is 3. The highest BCUT2D eigenvalue weighted by Gasteiger charge is 2.24. The van der Waals surface area contributed by atoms with Crippen molar-refractivity contribution in [2.45, 2.75) is 40.3 Å². The van der Waals surface area contributed by atoms with E-state index in [0.717, 1.165) is 26.8 Å². The van der Waals surface area contributed by atoms with Crippen molar-refractivity contribution in [1.29, 1.82) is 0 Å². The Hall–Kier alpha value is -2.54. The minimum atomic E-state index is -0.171. The third-order valence-corrected chi connectivity index (χ3v) is 5.17. The molecule has 2 heterocycles. The van der Waals surface area contributed by atoms with Crippen molar-refractivity contribution >= 4 is 38.4 Å². The summed E-state index contributed by atoms with van der Waals surface area (Å²) in [5, 5.41) is 4.11. The van der Waals surface area contributed by atoms with Crippen LogP contribution in [0.1, 0.15) is 42.4 Å². The molecular formula is C21H25BrN4O2. The number of carbonyl (C=O) groups is 1. The molecule has 2 aromatic heterocycles. The van der Waals surface area contributed by atoms with Crippen molar-refractivity contribution in [2.24, 2.45) is 0 Å². The van der Waals surface area contributed by atoms with Gasteiger partial charge in [0, 0.05) is 45.5 Å². The molecule has 0 aliphatic heterocycles. The number of H-pyrrole nitrogens is 2. The summed E-state index contributed by atoms with van der Waals surface area (Å²) >= 11 is 3.49. The van der Waals surface area contributed by atoms with Gasteiger partial charge in [-0.15, -0.1) is 0 Å². The lowest BCUT2D eigenvalue weighted by atomic mass is 10.1. The topological polar surface area (TPSA) is 81.0 Å². The summed E-state index contributed by atoms with van der Waals surface area (Å²) in [5.74, 6) is -0.108. The standard InChI is InChI=1S/C21H25BrN4O2/c1-5-23-18-8-13(4)25-20(27)17(18)11-26(12(2)3)21(28)16-9-14(22)10-19-15(16)6-7-24-19/h6-10,12,24H,5,11H2,1-4H3,(H2,23,25,27). The molecule has 0 unspecified atom stereocenters. The van der Waals surface area contributed by atoms with Gasteiger partial charge in [0.2, 0.25) is 0 Å². The van der Waals surface area contributed by atoms with Gasteiger partial charge >= 0.3 is 0 Å². The Bertz CT molecular complexity index is 1070. The maximum absolute atomic E-state index is 13.5. The third-order valence-electron chi connectivity index (χ3n) is 4.71. The van der Waals surface area contributed by atoms with Crippen molar-refractivity contribution in [3.8, 4) is 0 Å². The van der Waals surface area contributed by atoms with Gasteiger partial charge in [-0.2, -0.15) is 0 Å². The van der Waals surface area contributed by atoms with Crippen molar-refractivity contribution in [3.05, 3.63) is 62.1 Å². The fourth-order valence-corrected chi connectivity index (χ4v) is 3.80. The lowest BCUT2D eigenvalue weighted by Crippen LogP contribution is -2.38. The Kier molecular flexibility index (Phi) is 5.93. The molecular weight excluding hydrogens is 420 g/mol. The summed E-state index contributed by atoms with van der Waals surface area (Å²) in [6.45, 7) is 8.67. The third kappa shape index (κ3) is 3.99. The number of aryl methyl sites for hydroxylation is 1. The first-order valence-corrected chi connectivity index (χ1v) is 10.1. The molecule has 3 rings (SSSR count). The van der Waals surface area contributed by atoms with Crippen LogP contribution in [0.15, 0.2) is 39.7 Å². The summed E-state index contributed by atoms with van der Waals surface area (Å²) in [6.07, 6.45) is 1.82. The lowest BCUT2D eigenvalue weighted by Gasteiger charge is -2.28. The maximum Gasteiger partial charge on any atom is 0.255 e. The van der Waals surface area contributed by atoms with Gasteiger partial charge in [0.25, 0.3) is 11.5 Å². The van der Waals surface area contributed by atoms with Gasteiger partial charge in [0.15, 0.2) is 0 Å². The van der Waals surface area contributed by atoms with Crippen LogP contribution in [0, 0.1) is 6.92 Å². The van der Waals surface area contributed by atoms with E-state index in [1.807, 2.05) is 58.2 Å². The molecule has 0 saturated carbocycles. The van der Waals surface area contributed by atoms with Gasteiger partial charge < -0.3 is 20.2 Å². The van der Waals surface area contributed by atoms with Crippen LogP contribution in [0.4, 0.5) is 5.69 Å². The van der Waals surface area contributed by atoms with E-state index in [0.29, 0.717) is 17.7 Å². The summed E-state index contributed by atoms with van der Waals surface area (Å²) in [7, 11) is 0. The van der Waals surface area contributed by atoms with Crippen molar-refractivity contribution in [3.63, 3.8) is 0 Å². The molecule has 3 aromatic rings. The number of amides is 1. The molecule has 7 heteroatoms. The number of fused-ring (bicyclic) bond motifs is 1. The predicted octanol–water partition coefficient (Wildman–Crippen LogP) is 4.41. The Morgan fingerprint density at radius 3 is 2.71 bits per heavy atom. The van der Waals surface area contributed by atoms with E-state index in [1.54, 1.807) is 4.90 Å². The van der Waals surface area contributed by atoms with Crippen molar-refractivity contribution < 1.29 is 4.79 Å². The molecule has 0 spiro atoms. The Morgan fingerprint density at radius 1 is 1.29 bits per heavy atom. The summed E-state index contributed by atoms with van der Waals surface area (Å²) in [5.41, 5.74) is 3.44. The molecule has 3 N–H and O–H groups in total. The molecule has 6 nitrogen and oxygen atoms in total. The number of rotatable bonds is 6. The van der Waals surface area contributed by atoms with E-state index in [9.17, 15) is 9.59 Å². The van der Waals surface area contributed by atoms with Crippen LogP contribution in [0.5, 0.6) is 0 Å². The van der Waals surface area contributed by atoms with Gasteiger partial charge in [0.1, 0.15) is 0 Å². The second-order valence-corrected chi connectivity index (χ2v) is 8.04. The summed E-state index contributed by atoms with van der Waals surface area (Å²) < 4.78 is 0.830. The SMILES string of the molecule is CCNc1cc(C)[nH]c(=O)c1CN(C(=O)c1cc(Br)cc2[nH]ccc12)C(C)C. The van der Waals surface area contributed by atoms with E-state index in [4.69, 9.17) is 0 Å². The molecule has 1 aromatic carbocycles. The molecule has 0 aliphatic rings. The van der Waals surface area contributed by atoms with Gasteiger partial charge in [-0.05, 0) is 52.0 Å². The number of pyridine rings is 1. The summed E-state index contributed by atoms with van der Waals surface area (Å²) in [6, 6.07) is 7.51. The first-order chi connectivity index (χ1) is 13.3. The number of aromatic nitrogens is 2. The first-order valence-electron chi connectivity index (χ1n) is 9.36. The molecule has 0 atom stereocenters. The zero-order valence-corrected chi connectivity index (χ0v) is 18.1. The fraction of sp³-hybridized carbons (Fsp3) is 0.333. The van der Waals surface area contributed by atoms with E-state index < -0.39 is 0 Å². The number of anilines is 1. The molecule has 0 bridgehead atoms. The lowest BCUT2D eigenvalue weighted by molar-refractivity contribution is 0.0692. The highest BCUT2D eigenvalue weighted by molar-refractivity contribution is 9.10. The van der Waals surface area contributed by atoms with E-state index in [-0.39, 0.29) is 24.1 Å². The smallest absolute Gasteiger partial charge is 0.255 e. The molecule has 0 fully saturated rings. The van der Waals surface area contributed by atoms with Crippen LogP contribution in [0.3, 0.4) is 0 Å². The molecule has 0 radical (unpaired) electrons. The second kappa shape index (κ2) is 8.22. The minimum Gasteiger partial charge on any atom is -0.385 e. The van der Waals surface area contributed by atoms with E-state index in [1.165, 1.54) is 0 Å². The van der Waals surface area contributed by atoms with Crippen molar-refractivity contribution in [2.75, 3.05) is 11.9 Å². The number of hydrogen-bond acceptors (Lipinski definition) is 3. The normalized spacial score (nSPS) is 11.2. The van der Waals surface area contributed by atoms with Gasteiger partial charge in [0.05, 0.1) is 17.7 Å². The molecule has 0 saturated heterocycles. The zero-order chi connectivity index (χ0) is 20.4. The number of halogens is 1. The van der Waals surface area contributed by atoms with Gasteiger partial charge in [-0.3, -0.25) is 9.59 Å². The fourth-order valence-electron chi connectivity index (χ4n) is 3.34. The monoisotopic (exact) mass is 444 g/mol. The van der Waals surface area contributed by atoms with Gasteiger partial charge in [-0.25, -0.2) is 0 Å².